The van der Waals surface area contributed by atoms with Crippen LogP contribution in [-0.2, 0) is 7.05 Å². The summed E-state index contributed by atoms with van der Waals surface area (Å²) >= 11 is 0. The molecule has 2 heteroatoms. The van der Waals surface area contributed by atoms with E-state index in [0.717, 1.165) is 16.8 Å². The molecule has 0 spiro atoms. The summed E-state index contributed by atoms with van der Waals surface area (Å²) in [7, 11) is 2.14. The van der Waals surface area contributed by atoms with E-state index >= 15 is 0 Å². The van der Waals surface area contributed by atoms with E-state index in [0.29, 0.717) is 0 Å². The number of hydrogen-bond donors (Lipinski definition) is 0. The predicted molar refractivity (Wildman–Crippen MR) is 118 cm³/mol. The van der Waals surface area contributed by atoms with E-state index in [4.69, 9.17) is 4.98 Å². The molecule has 2 nitrogen and oxygen atoms in total. The number of benzene rings is 4. The average molecular weight is 363 g/mol. The predicted octanol–water partition coefficient (Wildman–Crippen LogP) is 5.96. The Morgan fingerprint density at radius 1 is 0.679 bits per heavy atom. The molecule has 0 saturated carbocycles. The first-order valence-corrected chi connectivity index (χ1v) is 9.73. The van der Waals surface area contributed by atoms with Gasteiger partial charge in [0.25, 0.3) is 0 Å². The van der Waals surface area contributed by atoms with Crippen molar-refractivity contribution >= 4 is 32.6 Å². The van der Waals surface area contributed by atoms with Crippen LogP contribution in [0.4, 0.5) is 0 Å². The largest absolute Gasteiger partial charge is 0.239 e. The fourth-order valence-corrected chi connectivity index (χ4v) is 4.48. The van der Waals surface area contributed by atoms with Crippen molar-refractivity contribution in [2.75, 3.05) is 0 Å². The highest BCUT2D eigenvalue weighted by Crippen LogP contribution is 2.38. The number of aryl methyl sites for hydroxylation is 4. The second-order valence-corrected chi connectivity index (χ2v) is 7.75. The monoisotopic (exact) mass is 363 g/mol. The number of fused-ring (bicyclic) bond motifs is 6. The van der Waals surface area contributed by atoms with E-state index in [1.807, 2.05) is 6.07 Å². The lowest BCUT2D eigenvalue weighted by molar-refractivity contribution is -0.643. The van der Waals surface area contributed by atoms with Crippen molar-refractivity contribution in [3.63, 3.8) is 0 Å². The van der Waals surface area contributed by atoms with Crippen LogP contribution >= 0.6 is 0 Å². The molecule has 0 aliphatic carbocycles. The van der Waals surface area contributed by atoms with Crippen LogP contribution in [0.1, 0.15) is 16.7 Å². The van der Waals surface area contributed by atoms with Crippen LogP contribution in [0.2, 0.25) is 0 Å². The lowest BCUT2D eigenvalue weighted by Crippen LogP contribution is -2.30. The van der Waals surface area contributed by atoms with Crippen molar-refractivity contribution in [2.45, 2.75) is 20.8 Å². The Hall–Kier alpha value is -3.26. The molecule has 1 heterocycles. The molecule has 0 amide bonds. The molecule has 0 fully saturated rings. The molecule has 5 aromatic rings. The van der Waals surface area contributed by atoms with Crippen LogP contribution in [-0.4, -0.2) is 4.98 Å². The van der Waals surface area contributed by atoms with Gasteiger partial charge in [0.2, 0.25) is 5.52 Å². The normalized spacial score (nSPS) is 11.6. The van der Waals surface area contributed by atoms with Crippen LogP contribution in [0.3, 0.4) is 0 Å². The minimum absolute atomic E-state index is 1.00. The maximum Gasteiger partial charge on any atom is 0.239 e. The Kier molecular flexibility index (Phi) is 3.70. The molecule has 0 aliphatic heterocycles. The molecule has 0 bridgehead atoms. The summed E-state index contributed by atoms with van der Waals surface area (Å²) < 4.78 is 2.25. The first-order chi connectivity index (χ1) is 13.6. The second-order valence-electron chi connectivity index (χ2n) is 7.75. The Labute approximate surface area is 165 Å². The van der Waals surface area contributed by atoms with Crippen LogP contribution in [0.5, 0.6) is 0 Å². The molecule has 136 valence electrons. The van der Waals surface area contributed by atoms with Gasteiger partial charge in [0, 0.05) is 10.9 Å². The van der Waals surface area contributed by atoms with Gasteiger partial charge in [0.1, 0.15) is 18.3 Å². The molecule has 28 heavy (non-hydrogen) atoms. The molecule has 1 aromatic heterocycles. The molecular weight excluding hydrogens is 340 g/mol. The highest BCUT2D eigenvalue weighted by Gasteiger charge is 2.22. The van der Waals surface area contributed by atoms with Gasteiger partial charge in [0.05, 0.1) is 5.39 Å². The Bertz CT molecular complexity index is 1380. The first-order valence-electron chi connectivity index (χ1n) is 9.73. The molecule has 4 aromatic carbocycles. The van der Waals surface area contributed by atoms with Gasteiger partial charge in [-0.15, -0.1) is 0 Å². The molecule has 0 atom stereocenters. The van der Waals surface area contributed by atoms with Crippen molar-refractivity contribution < 1.29 is 4.57 Å². The zero-order chi connectivity index (χ0) is 19.4. The topological polar surface area (TPSA) is 16.8 Å². The molecular formula is C26H23N2+. The minimum atomic E-state index is 1.00. The lowest BCUT2D eigenvalue weighted by atomic mass is 9.91. The third kappa shape index (κ3) is 2.34. The van der Waals surface area contributed by atoms with E-state index in [1.54, 1.807) is 0 Å². The van der Waals surface area contributed by atoms with E-state index in [1.165, 1.54) is 43.8 Å². The Morgan fingerprint density at radius 2 is 1.36 bits per heavy atom. The maximum atomic E-state index is 5.18. The van der Waals surface area contributed by atoms with Gasteiger partial charge in [-0.05, 0) is 48.2 Å². The summed E-state index contributed by atoms with van der Waals surface area (Å²) in [5.74, 6) is 0. The minimum Gasteiger partial charge on any atom is -0.234 e. The van der Waals surface area contributed by atoms with E-state index in [-0.39, 0.29) is 0 Å². The zero-order valence-electron chi connectivity index (χ0n) is 16.7. The zero-order valence-corrected chi connectivity index (χ0v) is 16.7. The number of rotatable bonds is 1. The van der Waals surface area contributed by atoms with Gasteiger partial charge in [-0.25, -0.2) is 4.98 Å². The average Bonchev–Trinajstić information content (AvgIpc) is 2.71. The second kappa shape index (κ2) is 6.13. The van der Waals surface area contributed by atoms with E-state index < -0.39 is 0 Å². The van der Waals surface area contributed by atoms with Crippen molar-refractivity contribution in [3.8, 4) is 11.3 Å². The van der Waals surface area contributed by atoms with E-state index in [2.05, 4.69) is 93.2 Å². The number of hydrogen-bond acceptors (Lipinski definition) is 1. The van der Waals surface area contributed by atoms with Crippen LogP contribution in [0, 0.1) is 20.8 Å². The molecule has 0 unspecified atom stereocenters. The van der Waals surface area contributed by atoms with Gasteiger partial charge >= 0.3 is 0 Å². The fourth-order valence-electron chi connectivity index (χ4n) is 4.48. The highest BCUT2D eigenvalue weighted by molar-refractivity contribution is 6.24. The van der Waals surface area contributed by atoms with Crippen LogP contribution in [0.25, 0.3) is 43.8 Å². The first kappa shape index (κ1) is 16.9. The molecule has 5 rings (SSSR count). The molecule has 0 saturated heterocycles. The van der Waals surface area contributed by atoms with Crippen molar-refractivity contribution in [1.82, 2.24) is 4.98 Å². The van der Waals surface area contributed by atoms with Crippen LogP contribution in [0.15, 0.2) is 66.9 Å². The third-order valence-electron chi connectivity index (χ3n) is 5.83. The Morgan fingerprint density at radius 3 is 2.11 bits per heavy atom. The maximum absolute atomic E-state index is 5.18. The van der Waals surface area contributed by atoms with Crippen molar-refractivity contribution in [1.29, 1.82) is 0 Å². The smallest absolute Gasteiger partial charge is 0.234 e. The SMILES string of the molecule is Cc1cccc2c3nc(-c4ccccc4)c[n+](C)c3c3c(C)ccc(C)c3c12. The third-order valence-corrected chi connectivity index (χ3v) is 5.83. The van der Waals surface area contributed by atoms with Crippen molar-refractivity contribution in [3.05, 3.63) is 83.6 Å². The fraction of sp³-hybridized carbons (Fsp3) is 0.154. The van der Waals surface area contributed by atoms with Crippen molar-refractivity contribution in [2.24, 2.45) is 7.05 Å². The molecule has 0 radical (unpaired) electrons. The number of nitrogens with zero attached hydrogens (tertiary/aromatic N) is 2. The summed E-state index contributed by atoms with van der Waals surface area (Å²) in [5, 5.41) is 5.21. The summed E-state index contributed by atoms with van der Waals surface area (Å²) in [6.45, 7) is 6.62. The molecule has 0 N–H and O–H groups in total. The summed E-state index contributed by atoms with van der Waals surface area (Å²) in [5.41, 5.74) is 8.32. The lowest BCUT2D eigenvalue weighted by Gasteiger charge is -2.14. The molecule has 0 aliphatic rings. The number of aromatic nitrogens is 2. The van der Waals surface area contributed by atoms with Crippen LogP contribution < -0.4 is 4.57 Å². The van der Waals surface area contributed by atoms with Gasteiger partial charge < -0.3 is 0 Å². The van der Waals surface area contributed by atoms with Gasteiger partial charge in [-0.3, -0.25) is 0 Å². The standard InChI is InChI=1S/C26H23N2/c1-16-9-8-12-20-22(16)23-17(2)13-14-18(3)24(23)26-25(20)27-21(15-28(26)4)19-10-6-5-7-11-19/h5-15H,1-4H3/q+1. The van der Waals surface area contributed by atoms with Gasteiger partial charge in [0.15, 0.2) is 6.20 Å². The van der Waals surface area contributed by atoms with E-state index in [9.17, 15) is 0 Å². The van der Waals surface area contributed by atoms with Gasteiger partial charge in [-0.2, -0.15) is 4.57 Å². The Balaban J connectivity index is 2.09. The summed E-state index contributed by atoms with van der Waals surface area (Å²) in [6, 6.07) is 21.5. The quantitative estimate of drug-likeness (QED) is 0.265. The summed E-state index contributed by atoms with van der Waals surface area (Å²) in [6.07, 6.45) is 2.15. The summed E-state index contributed by atoms with van der Waals surface area (Å²) in [4.78, 5) is 5.18. The highest BCUT2D eigenvalue weighted by atomic mass is 15.0. The van der Waals surface area contributed by atoms with Gasteiger partial charge in [-0.1, -0.05) is 60.7 Å².